The summed E-state index contributed by atoms with van der Waals surface area (Å²) in [6, 6.07) is 14.6. The lowest BCUT2D eigenvalue weighted by Gasteiger charge is -2.14. The van der Waals surface area contributed by atoms with E-state index in [0.29, 0.717) is 5.56 Å². The molecule has 122 valence electrons. The summed E-state index contributed by atoms with van der Waals surface area (Å²) in [5.41, 5.74) is 1.20. The van der Waals surface area contributed by atoms with Crippen molar-refractivity contribution in [2.75, 3.05) is 6.61 Å². The van der Waals surface area contributed by atoms with E-state index in [1.807, 2.05) is 30.3 Å². The first-order valence-electron chi connectivity index (χ1n) is 7.28. The Labute approximate surface area is 136 Å². The van der Waals surface area contributed by atoms with Crippen LogP contribution in [0.25, 0.3) is 0 Å². The number of esters is 1. The highest BCUT2D eigenvalue weighted by Gasteiger charge is 2.19. The minimum Gasteiger partial charge on any atom is -0.462 e. The fourth-order valence-electron chi connectivity index (χ4n) is 2.10. The third kappa shape index (κ3) is 4.40. The summed E-state index contributed by atoms with van der Waals surface area (Å²) in [6.07, 6.45) is 0. The molecule has 0 spiro atoms. The fraction of sp³-hybridized carbons (Fsp3) is 0.235. The van der Waals surface area contributed by atoms with E-state index >= 15 is 0 Å². The van der Waals surface area contributed by atoms with Gasteiger partial charge in [-0.2, -0.15) is 0 Å². The van der Waals surface area contributed by atoms with Crippen molar-refractivity contribution in [2.45, 2.75) is 24.8 Å². The minimum atomic E-state index is -3.66. The topological polar surface area (TPSA) is 72.5 Å². The maximum Gasteiger partial charge on any atom is 0.338 e. The van der Waals surface area contributed by atoms with E-state index in [0.717, 1.165) is 5.56 Å². The Morgan fingerprint density at radius 2 is 1.70 bits per heavy atom. The molecule has 1 unspecified atom stereocenters. The molecule has 2 rings (SSSR count). The van der Waals surface area contributed by atoms with Crippen LogP contribution in [0.4, 0.5) is 0 Å². The third-order valence-electron chi connectivity index (χ3n) is 3.31. The number of nitrogens with one attached hydrogen (secondary N) is 1. The highest BCUT2D eigenvalue weighted by molar-refractivity contribution is 7.89. The number of ether oxygens (including phenoxy) is 1. The number of hydrogen-bond donors (Lipinski definition) is 1. The second-order valence-electron chi connectivity index (χ2n) is 5.00. The van der Waals surface area contributed by atoms with Crippen LogP contribution in [0.1, 0.15) is 35.8 Å². The van der Waals surface area contributed by atoms with E-state index < -0.39 is 16.0 Å². The van der Waals surface area contributed by atoms with E-state index in [2.05, 4.69) is 4.72 Å². The SMILES string of the molecule is CCOC(=O)c1ccc(S(=O)(=O)NC(C)c2ccccc2)cc1. The Morgan fingerprint density at radius 3 is 2.26 bits per heavy atom. The van der Waals surface area contributed by atoms with Crippen LogP contribution < -0.4 is 4.72 Å². The van der Waals surface area contributed by atoms with Crippen LogP contribution in [-0.2, 0) is 14.8 Å². The maximum absolute atomic E-state index is 12.4. The Bertz CT molecular complexity index is 755. The van der Waals surface area contributed by atoms with Gasteiger partial charge in [0.05, 0.1) is 17.1 Å². The van der Waals surface area contributed by atoms with Gasteiger partial charge in [-0.15, -0.1) is 0 Å². The molecule has 0 aliphatic heterocycles. The predicted molar refractivity (Wildman–Crippen MR) is 87.6 cm³/mol. The number of benzene rings is 2. The molecule has 0 radical (unpaired) electrons. The summed E-state index contributed by atoms with van der Waals surface area (Å²) >= 11 is 0. The van der Waals surface area contributed by atoms with Crippen molar-refractivity contribution in [1.29, 1.82) is 0 Å². The smallest absolute Gasteiger partial charge is 0.338 e. The van der Waals surface area contributed by atoms with Gasteiger partial charge in [0.2, 0.25) is 10.0 Å². The van der Waals surface area contributed by atoms with E-state index in [9.17, 15) is 13.2 Å². The lowest BCUT2D eigenvalue weighted by atomic mass is 10.1. The molecule has 0 fully saturated rings. The van der Waals surface area contributed by atoms with Crippen molar-refractivity contribution in [2.24, 2.45) is 0 Å². The largest absolute Gasteiger partial charge is 0.462 e. The van der Waals surface area contributed by atoms with Crippen molar-refractivity contribution in [3.8, 4) is 0 Å². The molecule has 0 bridgehead atoms. The van der Waals surface area contributed by atoms with Crippen LogP contribution in [-0.4, -0.2) is 21.0 Å². The lowest BCUT2D eigenvalue weighted by molar-refractivity contribution is 0.0526. The van der Waals surface area contributed by atoms with Gasteiger partial charge in [-0.3, -0.25) is 0 Å². The minimum absolute atomic E-state index is 0.105. The average Bonchev–Trinajstić information content (AvgIpc) is 2.55. The van der Waals surface area contributed by atoms with E-state index in [4.69, 9.17) is 4.74 Å². The van der Waals surface area contributed by atoms with Gasteiger partial charge in [-0.05, 0) is 43.7 Å². The molecule has 2 aromatic carbocycles. The number of carbonyl (C=O) groups is 1. The number of hydrogen-bond acceptors (Lipinski definition) is 4. The van der Waals surface area contributed by atoms with Gasteiger partial charge in [0.1, 0.15) is 0 Å². The Hall–Kier alpha value is -2.18. The summed E-state index contributed by atoms with van der Waals surface area (Å²) in [5, 5.41) is 0. The van der Waals surface area contributed by atoms with Gasteiger partial charge >= 0.3 is 5.97 Å². The van der Waals surface area contributed by atoms with E-state index in [1.165, 1.54) is 24.3 Å². The van der Waals surface area contributed by atoms with Gasteiger partial charge in [-0.25, -0.2) is 17.9 Å². The molecule has 0 heterocycles. The zero-order valence-corrected chi connectivity index (χ0v) is 13.8. The molecule has 0 saturated carbocycles. The third-order valence-corrected chi connectivity index (χ3v) is 4.86. The summed E-state index contributed by atoms with van der Waals surface area (Å²) in [4.78, 5) is 11.7. The molecular formula is C17H19NO4S. The van der Waals surface area contributed by atoms with Crippen LogP contribution in [0.5, 0.6) is 0 Å². The average molecular weight is 333 g/mol. The van der Waals surface area contributed by atoms with E-state index in [-0.39, 0.29) is 17.5 Å². The number of rotatable bonds is 6. The summed E-state index contributed by atoms with van der Waals surface area (Å²) in [7, 11) is -3.66. The molecule has 0 saturated heterocycles. The molecule has 0 aliphatic rings. The van der Waals surface area contributed by atoms with Gasteiger partial charge < -0.3 is 4.74 Å². The second kappa shape index (κ2) is 7.39. The quantitative estimate of drug-likeness (QED) is 0.825. The summed E-state index contributed by atoms with van der Waals surface area (Å²) < 4.78 is 32.3. The zero-order chi connectivity index (χ0) is 16.9. The normalized spacial score (nSPS) is 12.6. The van der Waals surface area contributed by atoms with Crippen molar-refractivity contribution >= 4 is 16.0 Å². The van der Waals surface area contributed by atoms with Gasteiger partial charge in [0.15, 0.2) is 0 Å². The Kier molecular flexibility index (Phi) is 5.52. The molecule has 1 N–H and O–H groups in total. The molecule has 0 amide bonds. The van der Waals surface area contributed by atoms with Crippen LogP contribution in [0.15, 0.2) is 59.5 Å². The van der Waals surface area contributed by atoms with Crippen LogP contribution in [0.3, 0.4) is 0 Å². The van der Waals surface area contributed by atoms with Crippen molar-refractivity contribution < 1.29 is 17.9 Å². The highest BCUT2D eigenvalue weighted by atomic mass is 32.2. The molecule has 5 nitrogen and oxygen atoms in total. The molecule has 1 atom stereocenters. The predicted octanol–water partition coefficient (Wildman–Crippen LogP) is 2.90. The molecule has 0 aromatic heterocycles. The number of sulfonamides is 1. The Morgan fingerprint density at radius 1 is 1.09 bits per heavy atom. The maximum atomic E-state index is 12.4. The zero-order valence-electron chi connectivity index (χ0n) is 13.0. The standard InChI is InChI=1S/C17H19NO4S/c1-3-22-17(19)15-9-11-16(12-10-15)23(20,21)18-13(2)14-7-5-4-6-8-14/h4-13,18H,3H2,1-2H3. The molecule has 2 aromatic rings. The Balaban J connectivity index is 2.15. The van der Waals surface area contributed by atoms with Crippen molar-refractivity contribution in [1.82, 2.24) is 4.72 Å². The molecule has 0 aliphatic carbocycles. The number of carbonyl (C=O) groups excluding carboxylic acids is 1. The molecule has 6 heteroatoms. The van der Waals surface area contributed by atoms with Crippen LogP contribution >= 0.6 is 0 Å². The first-order chi connectivity index (χ1) is 10.9. The van der Waals surface area contributed by atoms with Crippen molar-refractivity contribution in [3.63, 3.8) is 0 Å². The first kappa shape index (κ1) is 17.2. The first-order valence-corrected chi connectivity index (χ1v) is 8.77. The monoisotopic (exact) mass is 333 g/mol. The lowest BCUT2D eigenvalue weighted by Crippen LogP contribution is -2.26. The second-order valence-corrected chi connectivity index (χ2v) is 6.71. The van der Waals surface area contributed by atoms with E-state index in [1.54, 1.807) is 13.8 Å². The fourth-order valence-corrected chi connectivity index (χ4v) is 3.33. The van der Waals surface area contributed by atoms with Gasteiger partial charge in [0.25, 0.3) is 0 Å². The summed E-state index contributed by atoms with van der Waals surface area (Å²) in [5.74, 6) is -0.470. The van der Waals surface area contributed by atoms with Crippen LogP contribution in [0, 0.1) is 0 Å². The van der Waals surface area contributed by atoms with Gasteiger partial charge in [-0.1, -0.05) is 30.3 Å². The highest BCUT2D eigenvalue weighted by Crippen LogP contribution is 2.17. The summed E-state index contributed by atoms with van der Waals surface area (Å²) in [6.45, 7) is 3.76. The molecule has 23 heavy (non-hydrogen) atoms. The molecular weight excluding hydrogens is 314 g/mol. The van der Waals surface area contributed by atoms with Crippen molar-refractivity contribution in [3.05, 3.63) is 65.7 Å². The van der Waals surface area contributed by atoms with Gasteiger partial charge in [0, 0.05) is 6.04 Å². The van der Waals surface area contributed by atoms with Crippen LogP contribution in [0.2, 0.25) is 0 Å².